The first-order valence-corrected chi connectivity index (χ1v) is 10.3. The first-order chi connectivity index (χ1) is 14.5. The van der Waals surface area contributed by atoms with Gasteiger partial charge in [-0.05, 0) is 56.0 Å². The molecule has 0 saturated heterocycles. The fourth-order valence-corrected chi connectivity index (χ4v) is 3.98. The summed E-state index contributed by atoms with van der Waals surface area (Å²) in [7, 11) is 0. The molecular weight excluding hydrogens is 368 g/mol. The van der Waals surface area contributed by atoms with Crippen LogP contribution < -0.4 is 5.32 Å². The van der Waals surface area contributed by atoms with Crippen molar-refractivity contribution in [2.24, 2.45) is 0 Å². The van der Waals surface area contributed by atoms with E-state index in [1.165, 1.54) is 11.1 Å². The first kappa shape index (κ1) is 19.8. The van der Waals surface area contributed by atoms with Gasteiger partial charge in [0.1, 0.15) is 0 Å². The third-order valence-electron chi connectivity index (χ3n) is 5.53. The topological polar surface area (TPSA) is 42.0 Å². The van der Waals surface area contributed by atoms with Gasteiger partial charge in [-0.1, -0.05) is 67.1 Å². The Labute approximate surface area is 177 Å². The average molecular weight is 395 g/mol. The fourth-order valence-electron chi connectivity index (χ4n) is 3.98. The Morgan fingerprint density at radius 1 is 0.900 bits per heavy atom. The molecule has 150 valence electrons. The van der Waals surface area contributed by atoms with Crippen molar-refractivity contribution in [3.63, 3.8) is 0 Å². The lowest BCUT2D eigenvalue weighted by Crippen LogP contribution is -2.15. The predicted molar refractivity (Wildman–Crippen MR) is 125 cm³/mol. The molecule has 0 aliphatic carbocycles. The second-order valence-electron chi connectivity index (χ2n) is 7.85. The highest BCUT2D eigenvalue weighted by atomic mass is 16.1. The molecule has 0 bridgehead atoms. The molecule has 1 heterocycles. The maximum Gasteiger partial charge on any atom is 0.256 e. The predicted octanol–water partition coefficient (Wildman–Crippen LogP) is 6.64. The molecule has 3 nitrogen and oxygen atoms in total. The van der Waals surface area contributed by atoms with Gasteiger partial charge in [0.25, 0.3) is 5.91 Å². The molecule has 0 spiro atoms. The van der Waals surface area contributed by atoms with Crippen LogP contribution in [0.5, 0.6) is 0 Å². The molecule has 1 amide bonds. The molecule has 3 heteroatoms. The lowest BCUT2D eigenvalue weighted by Gasteiger charge is -2.15. The fraction of sp³-hybridized carbons (Fsp3) is 0.185. The second-order valence-corrected chi connectivity index (χ2v) is 7.85. The summed E-state index contributed by atoms with van der Waals surface area (Å²) in [4.78, 5) is 18.2. The number of pyridine rings is 1. The highest BCUT2D eigenvalue weighted by Crippen LogP contribution is 2.28. The Bertz CT molecular complexity index is 1220. The molecule has 0 fully saturated rings. The van der Waals surface area contributed by atoms with Crippen LogP contribution in [-0.2, 0) is 6.42 Å². The van der Waals surface area contributed by atoms with E-state index in [1.807, 2.05) is 44.2 Å². The Morgan fingerprint density at radius 3 is 2.23 bits per heavy atom. The molecule has 1 aromatic heterocycles. The summed E-state index contributed by atoms with van der Waals surface area (Å²) in [6.07, 6.45) is 0.994. The van der Waals surface area contributed by atoms with Crippen LogP contribution in [0.3, 0.4) is 0 Å². The maximum atomic E-state index is 13.4. The Morgan fingerprint density at radius 2 is 1.57 bits per heavy atom. The number of nitrogens with one attached hydrogen (secondary N) is 1. The lowest BCUT2D eigenvalue weighted by atomic mass is 10.0. The highest BCUT2D eigenvalue weighted by molar-refractivity contribution is 6.13. The van der Waals surface area contributed by atoms with E-state index in [2.05, 4.69) is 55.6 Å². The zero-order chi connectivity index (χ0) is 21.3. The number of aromatic nitrogens is 1. The number of carbonyl (C=O) groups excluding carboxylic acids is 1. The number of aryl methyl sites for hydroxylation is 4. The summed E-state index contributed by atoms with van der Waals surface area (Å²) in [5.74, 6) is -0.116. The number of hydrogen-bond donors (Lipinski definition) is 1. The molecule has 1 N–H and O–H groups in total. The first-order valence-electron chi connectivity index (χ1n) is 10.3. The van der Waals surface area contributed by atoms with E-state index in [0.717, 1.165) is 45.4 Å². The summed E-state index contributed by atoms with van der Waals surface area (Å²) >= 11 is 0. The molecule has 0 unspecified atom stereocenters. The summed E-state index contributed by atoms with van der Waals surface area (Å²) in [5.41, 5.74) is 8.74. The zero-order valence-corrected chi connectivity index (χ0v) is 17.9. The summed E-state index contributed by atoms with van der Waals surface area (Å²) in [6, 6.07) is 22.3. The lowest BCUT2D eigenvalue weighted by molar-refractivity contribution is 0.102. The van der Waals surface area contributed by atoms with Crippen molar-refractivity contribution in [1.82, 2.24) is 4.98 Å². The minimum absolute atomic E-state index is 0.116. The number of benzene rings is 3. The minimum Gasteiger partial charge on any atom is -0.321 e. The summed E-state index contributed by atoms with van der Waals surface area (Å²) < 4.78 is 0. The number of amides is 1. The average Bonchev–Trinajstić information content (AvgIpc) is 2.75. The van der Waals surface area contributed by atoms with Crippen LogP contribution in [0.15, 0.2) is 66.7 Å². The minimum atomic E-state index is -0.116. The number of nitrogens with zero attached hydrogens (tertiary/aromatic N) is 1. The van der Waals surface area contributed by atoms with Gasteiger partial charge in [-0.15, -0.1) is 0 Å². The van der Waals surface area contributed by atoms with Gasteiger partial charge in [0.15, 0.2) is 0 Å². The van der Waals surface area contributed by atoms with Crippen molar-refractivity contribution >= 4 is 22.5 Å². The Balaban J connectivity index is 1.80. The zero-order valence-electron chi connectivity index (χ0n) is 17.9. The van der Waals surface area contributed by atoms with E-state index in [9.17, 15) is 4.79 Å². The van der Waals surface area contributed by atoms with Gasteiger partial charge in [-0.25, -0.2) is 4.98 Å². The van der Waals surface area contributed by atoms with Crippen LogP contribution in [0.4, 0.5) is 5.69 Å². The van der Waals surface area contributed by atoms with Gasteiger partial charge in [0.05, 0.1) is 16.8 Å². The molecule has 0 saturated carbocycles. The molecule has 0 atom stereocenters. The van der Waals surface area contributed by atoms with E-state index in [1.54, 1.807) is 0 Å². The van der Waals surface area contributed by atoms with Crippen LogP contribution in [0, 0.1) is 20.8 Å². The van der Waals surface area contributed by atoms with Crippen molar-refractivity contribution in [2.45, 2.75) is 34.1 Å². The number of carbonyl (C=O) groups is 1. The van der Waals surface area contributed by atoms with Crippen LogP contribution in [0.25, 0.3) is 22.2 Å². The van der Waals surface area contributed by atoms with E-state index >= 15 is 0 Å². The molecule has 30 heavy (non-hydrogen) atoms. The molecular formula is C27H26N2O. The number of rotatable bonds is 4. The normalized spacial score (nSPS) is 10.9. The van der Waals surface area contributed by atoms with Gasteiger partial charge in [0.2, 0.25) is 0 Å². The smallest absolute Gasteiger partial charge is 0.256 e. The van der Waals surface area contributed by atoms with Crippen molar-refractivity contribution in [1.29, 1.82) is 0 Å². The molecule has 4 rings (SSSR count). The number of para-hydroxylation sites is 1. The van der Waals surface area contributed by atoms with E-state index in [-0.39, 0.29) is 5.91 Å². The van der Waals surface area contributed by atoms with E-state index in [4.69, 9.17) is 4.98 Å². The maximum absolute atomic E-state index is 13.4. The van der Waals surface area contributed by atoms with Gasteiger partial charge in [-0.2, -0.15) is 0 Å². The van der Waals surface area contributed by atoms with Gasteiger partial charge < -0.3 is 5.32 Å². The van der Waals surface area contributed by atoms with Crippen molar-refractivity contribution < 1.29 is 4.79 Å². The van der Waals surface area contributed by atoms with Crippen molar-refractivity contribution in [3.8, 4) is 11.3 Å². The number of hydrogen-bond acceptors (Lipinski definition) is 2. The Hall–Kier alpha value is -3.46. The monoisotopic (exact) mass is 394 g/mol. The van der Waals surface area contributed by atoms with Crippen LogP contribution in [-0.4, -0.2) is 10.9 Å². The van der Waals surface area contributed by atoms with Crippen LogP contribution >= 0.6 is 0 Å². The van der Waals surface area contributed by atoms with Crippen molar-refractivity contribution in [3.05, 3.63) is 94.5 Å². The van der Waals surface area contributed by atoms with E-state index < -0.39 is 0 Å². The SMILES string of the molecule is CCc1ccc(-c2cc(C(=O)Nc3c(C)cc(C)cc3C)c3ccccc3n2)cc1. The third kappa shape index (κ3) is 3.84. The molecule has 4 aromatic rings. The largest absolute Gasteiger partial charge is 0.321 e. The van der Waals surface area contributed by atoms with Gasteiger partial charge in [0, 0.05) is 16.6 Å². The van der Waals surface area contributed by atoms with E-state index in [0.29, 0.717) is 5.56 Å². The number of anilines is 1. The molecule has 0 radical (unpaired) electrons. The van der Waals surface area contributed by atoms with Gasteiger partial charge in [-0.3, -0.25) is 4.79 Å². The standard InChI is InChI=1S/C27H26N2O/c1-5-20-10-12-21(13-11-20)25-16-23(22-8-6-7-9-24(22)28-25)27(30)29-26-18(3)14-17(2)15-19(26)4/h6-16H,5H2,1-4H3,(H,29,30). The van der Waals surface area contributed by atoms with Crippen LogP contribution in [0.1, 0.15) is 39.5 Å². The summed E-state index contributed by atoms with van der Waals surface area (Å²) in [6.45, 7) is 8.26. The molecule has 3 aromatic carbocycles. The highest BCUT2D eigenvalue weighted by Gasteiger charge is 2.16. The number of fused-ring (bicyclic) bond motifs is 1. The Kier molecular flexibility index (Phi) is 5.37. The quantitative estimate of drug-likeness (QED) is 0.421. The molecule has 0 aliphatic rings. The molecule has 0 aliphatic heterocycles. The second kappa shape index (κ2) is 8.11. The summed E-state index contributed by atoms with van der Waals surface area (Å²) in [5, 5.41) is 4.00. The van der Waals surface area contributed by atoms with Crippen LogP contribution in [0.2, 0.25) is 0 Å². The van der Waals surface area contributed by atoms with Gasteiger partial charge >= 0.3 is 0 Å². The van der Waals surface area contributed by atoms with Crippen molar-refractivity contribution in [2.75, 3.05) is 5.32 Å². The third-order valence-corrected chi connectivity index (χ3v) is 5.53.